The molecule has 1 aromatic rings. The number of nitrogens with one attached hydrogen (secondary N) is 1. The standard InChI is InChI=1S/C11H19N5OS/c1-3-5-8(10(12)18)11(17)13-6-9-15-14-7-16(9)4-2/h7-8H,3-6H2,1-2H3,(H2,12,18)(H,13,17). The van der Waals surface area contributed by atoms with Crippen LogP contribution in [0.15, 0.2) is 6.33 Å². The Labute approximate surface area is 112 Å². The van der Waals surface area contributed by atoms with Gasteiger partial charge in [0.1, 0.15) is 6.33 Å². The number of amides is 1. The lowest BCUT2D eigenvalue weighted by molar-refractivity contribution is -0.123. The lowest BCUT2D eigenvalue weighted by atomic mass is 10.0. The molecule has 6 nitrogen and oxygen atoms in total. The largest absolute Gasteiger partial charge is 0.393 e. The number of hydrogen-bond donors (Lipinski definition) is 2. The molecule has 1 unspecified atom stereocenters. The monoisotopic (exact) mass is 269 g/mol. The zero-order valence-corrected chi connectivity index (χ0v) is 11.5. The van der Waals surface area contributed by atoms with Gasteiger partial charge in [-0.1, -0.05) is 25.6 Å². The van der Waals surface area contributed by atoms with Crippen LogP contribution in [-0.2, 0) is 17.9 Å². The fourth-order valence-electron chi connectivity index (χ4n) is 1.66. The Balaban J connectivity index is 2.56. The van der Waals surface area contributed by atoms with E-state index >= 15 is 0 Å². The summed E-state index contributed by atoms with van der Waals surface area (Å²) in [5, 5.41) is 10.5. The van der Waals surface area contributed by atoms with Gasteiger partial charge in [0.05, 0.1) is 17.5 Å². The van der Waals surface area contributed by atoms with Crippen LogP contribution in [-0.4, -0.2) is 25.7 Å². The SMILES string of the molecule is CCCC(C(=O)NCc1nncn1CC)C(N)=S. The molecular formula is C11H19N5OS. The summed E-state index contributed by atoms with van der Waals surface area (Å²) in [5.74, 6) is 0.182. The summed E-state index contributed by atoms with van der Waals surface area (Å²) in [6.45, 7) is 5.09. The molecule has 18 heavy (non-hydrogen) atoms. The highest BCUT2D eigenvalue weighted by atomic mass is 32.1. The van der Waals surface area contributed by atoms with Crippen molar-refractivity contribution in [3.63, 3.8) is 0 Å². The summed E-state index contributed by atoms with van der Waals surface area (Å²) in [5.41, 5.74) is 5.57. The second kappa shape index (κ2) is 7.05. The van der Waals surface area contributed by atoms with E-state index in [2.05, 4.69) is 15.5 Å². The van der Waals surface area contributed by atoms with Gasteiger partial charge in [0, 0.05) is 6.54 Å². The summed E-state index contributed by atoms with van der Waals surface area (Å²) in [6.07, 6.45) is 3.17. The van der Waals surface area contributed by atoms with Gasteiger partial charge in [0.25, 0.3) is 0 Å². The Morgan fingerprint density at radius 3 is 2.89 bits per heavy atom. The van der Waals surface area contributed by atoms with Crippen LogP contribution in [0.4, 0.5) is 0 Å². The van der Waals surface area contributed by atoms with Crippen molar-refractivity contribution in [2.45, 2.75) is 39.8 Å². The van der Waals surface area contributed by atoms with E-state index in [-0.39, 0.29) is 10.9 Å². The number of rotatable bonds is 7. The van der Waals surface area contributed by atoms with E-state index in [9.17, 15) is 4.79 Å². The van der Waals surface area contributed by atoms with E-state index in [0.717, 1.165) is 18.8 Å². The maximum Gasteiger partial charge on any atom is 0.230 e. The van der Waals surface area contributed by atoms with Crippen LogP contribution in [0.1, 0.15) is 32.5 Å². The first-order valence-corrected chi connectivity index (χ1v) is 6.44. The third-order valence-corrected chi connectivity index (χ3v) is 2.98. The van der Waals surface area contributed by atoms with Crippen molar-refractivity contribution in [1.82, 2.24) is 20.1 Å². The topological polar surface area (TPSA) is 85.8 Å². The average molecular weight is 269 g/mol. The maximum atomic E-state index is 11.9. The molecular weight excluding hydrogens is 250 g/mol. The van der Waals surface area contributed by atoms with Crippen LogP contribution in [0.25, 0.3) is 0 Å². The molecule has 7 heteroatoms. The first kappa shape index (κ1) is 14.6. The molecule has 0 bridgehead atoms. The van der Waals surface area contributed by atoms with E-state index in [0.29, 0.717) is 13.0 Å². The number of carbonyl (C=O) groups is 1. The molecule has 0 aromatic carbocycles. The highest BCUT2D eigenvalue weighted by Crippen LogP contribution is 2.07. The minimum Gasteiger partial charge on any atom is -0.393 e. The van der Waals surface area contributed by atoms with Gasteiger partial charge in [-0.2, -0.15) is 0 Å². The predicted octanol–water partition coefficient (Wildman–Crippen LogP) is 0.617. The van der Waals surface area contributed by atoms with Gasteiger partial charge in [0.2, 0.25) is 5.91 Å². The van der Waals surface area contributed by atoms with Crippen molar-refractivity contribution in [3.05, 3.63) is 12.2 Å². The van der Waals surface area contributed by atoms with E-state index < -0.39 is 5.92 Å². The smallest absolute Gasteiger partial charge is 0.230 e. The lowest BCUT2D eigenvalue weighted by Gasteiger charge is -2.14. The third-order valence-electron chi connectivity index (χ3n) is 2.69. The molecule has 1 heterocycles. The van der Waals surface area contributed by atoms with Crippen LogP contribution in [0.2, 0.25) is 0 Å². The normalized spacial score (nSPS) is 12.1. The van der Waals surface area contributed by atoms with Crippen molar-refractivity contribution >= 4 is 23.1 Å². The van der Waals surface area contributed by atoms with Gasteiger partial charge in [0.15, 0.2) is 5.82 Å². The molecule has 100 valence electrons. The Hall–Kier alpha value is -1.50. The Morgan fingerprint density at radius 1 is 1.61 bits per heavy atom. The summed E-state index contributed by atoms with van der Waals surface area (Å²) < 4.78 is 1.87. The first-order valence-electron chi connectivity index (χ1n) is 6.03. The van der Waals surface area contributed by atoms with Crippen LogP contribution < -0.4 is 11.1 Å². The first-order chi connectivity index (χ1) is 8.60. The van der Waals surface area contributed by atoms with Crippen LogP contribution in [0.3, 0.4) is 0 Å². The zero-order valence-electron chi connectivity index (χ0n) is 10.7. The van der Waals surface area contributed by atoms with Crippen molar-refractivity contribution in [3.8, 4) is 0 Å². The molecule has 0 aliphatic rings. The Morgan fingerprint density at radius 2 is 2.33 bits per heavy atom. The second-order valence-electron chi connectivity index (χ2n) is 3.99. The minimum atomic E-state index is -0.400. The van der Waals surface area contributed by atoms with Crippen molar-refractivity contribution in [2.24, 2.45) is 11.7 Å². The molecule has 0 saturated carbocycles. The number of nitrogens with zero attached hydrogens (tertiary/aromatic N) is 3. The molecule has 1 atom stereocenters. The number of thiocarbonyl (C=S) groups is 1. The Bertz CT molecular complexity index is 417. The maximum absolute atomic E-state index is 11.9. The van der Waals surface area contributed by atoms with Crippen molar-refractivity contribution < 1.29 is 4.79 Å². The third kappa shape index (κ3) is 3.76. The fraction of sp³-hybridized carbons (Fsp3) is 0.636. The van der Waals surface area contributed by atoms with Crippen molar-refractivity contribution in [2.75, 3.05) is 0 Å². The van der Waals surface area contributed by atoms with Crippen LogP contribution in [0.5, 0.6) is 0 Å². The number of aromatic nitrogens is 3. The van der Waals surface area contributed by atoms with Crippen LogP contribution in [0, 0.1) is 5.92 Å². The van der Waals surface area contributed by atoms with Gasteiger partial charge in [-0.25, -0.2) is 0 Å². The van der Waals surface area contributed by atoms with E-state index in [1.165, 1.54) is 0 Å². The molecule has 0 fully saturated rings. The minimum absolute atomic E-state index is 0.144. The highest BCUT2D eigenvalue weighted by Gasteiger charge is 2.20. The summed E-state index contributed by atoms with van der Waals surface area (Å²) in [6, 6.07) is 0. The van der Waals surface area contributed by atoms with Gasteiger partial charge >= 0.3 is 0 Å². The molecule has 0 aliphatic carbocycles. The number of hydrogen-bond acceptors (Lipinski definition) is 4. The molecule has 1 amide bonds. The number of nitrogens with two attached hydrogens (primary N) is 1. The summed E-state index contributed by atoms with van der Waals surface area (Å²) in [4.78, 5) is 12.2. The summed E-state index contributed by atoms with van der Waals surface area (Å²) in [7, 11) is 0. The second-order valence-corrected chi connectivity index (χ2v) is 4.47. The van der Waals surface area contributed by atoms with Crippen molar-refractivity contribution in [1.29, 1.82) is 0 Å². The molecule has 1 rings (SSSR count). The molecule has 1 aromatic heterocycles. The molecule has 0 saturated heterocycles. The van der Waals surface area contributed by atoms with Crippen LogP contribution >= 0.6 is 12.2 Å². The highest BCUT2D eigenvalue weighted by molar-refractivity contribution is 7.80. The average Bonchev–Trinajstić information content (AvgIpc) is 2.79. The Kier molecular flexibility index (Phi) is 5.70. The van der Waals surface area contributed by atoms with E-state index in [4.69, 9.17) is 18.0 Å². The van der Waals surface area contributed by atoms with Gasteiger partial charge in [-0.15, -0.1) is 10.2 Å². The lowest BCUT2D eigenvalue weighted by Crippen LogP contribution is -2.38. The van der Waals surface area contributed by atoms with E-state index in [1.807, 2.05) is 18.4 Å². The molecule has 0 radical (unpaired) electrons. The molecule has 0 aliphatic heterocycles. The van der Waals surface area contributed by atoms with Gasteiger partial charge in [-0.3, -0.25) is 4.79 Å². The van der Waals surface area contributed by atoms with Gasteiger partial charge in [-0.05, 0) is 13.3 Å². The molecule has 3 N–H and O–H groups in total. The number of carbonyl (C=O) groups excluding carboxylic acids is 1. The fourth-order valence-corrected chi connectivity index (χ4v) is 1.89. The van der Waals surface area contributed by atoms with Gasteiger partial charge < -0.3 is 15.6 Å². The molecule has 0 spiro atoms. The summed E-state index contributed by atoms with van der Waals surface area (Å²) >= 11 is 4.91. The predicted molar refractivity (Wildman–Crippen MR) is 72.7 cm³/mol. The zero-order chi connectivity index (χ0) is 13.5. The van der Waals surface area contributed by atoms with E-state index in [1.54, 1.807) is 6.33 Å². The number of aryl methyl sites for hydroxylation is 1. The quantitative estimate of drug-likeness (QED) is 0.709.